The molecule has 0 unspecified atom stereocenters. The summed E-state index contributed by atoms with van der Waals surface area (Å²) in [5, 5.41) is 3.52. The van der Waals surface area contributed by atoms with Gasteiger partial charge in [0.2, 0.25) is 5.91 Å². The highest BCUT2D eigenvalue weighted by atomic mass is 127. The molecule has 2 aromatic carbocycles. The number of carbonyl (C=O) groups excluding carboxylic acids is 2. The highest BCUT2D eigenvalue weighted by Gasteiger charge is 2.21. The minimum Gasteiger partial charge on any atom is -0.348 e. The molecule has 1 N–H and O–H groups in total. The molecule has 0 saturated carbocycles. The van der Waals surface area contributed by atoms with Crippen molar-refractivity contribution >= 4 is 51.7 Å². The van der Waals surface area contributed by atoms with Gasteiger partial charge in [0.25, 0.3) is 5.91 Å². The summed E-state index contributed by atoms with van der Waals surface area (Å²) in [7, 11) is 0. The lowest BCUT2D eigenvalue weighted by atomic mass is 10.1. The summed E-state index contributed by atoms with van der Waals surface area (Å²) in [6.45, 7) is 1.22. The first-order valence-electron chi connectivity index (χ1n) is 7.67. The molecule has 124 valence electrons. The van der Waals surface area contributed by atoms with Crippen molar-refractivity contribution < 1.29 is 9.59 Å². The molecule has 0 bridgehead atoms. The van der Waals surface area contributed by atoms with E-state index < -0.39 is 0 Å². The van der Waals surface area contributed by atoms with Crippen LogP contribution in [0.3, 0.4) is 0 Å². The summed E-state index contributed by atoms with van der Waals surface area (Å²) in [5.74, 6) is 0.0447. The lowest BCUT2D eigenvalue weighted by molar-refractivity contribution is -0.117. The van der Waals surface area contributed by atoms with Crippen LogP contribution < -0.4 is 10.2 Å². The van der Waals surface area contributed by atoms with Crippen molar-refractivity contribution in [3.05, 3.63) is 62.2 Å². The van der Waals surface area contributed by atoms with Crippen LogP contribution in [0.4, 0.5) is 5.69 Å². The number of benzene rings is 2. The normalized spacial score (nSPS) is 14.1. The number of hydrogen-bond acceptors (Lipinski definition) is 2. The van der Waals surface area contributed by atoms with Crippen molar-refractivity contribution in [3.8, 4) is 0 Å². The van der Waals surface area contributed by atoms with Crippen LogP contribution in [0.5, 0.6) is 0 Å². The third-order valence-corrected chi connectivity index (χ3v) is 5.08. The average molecular weight is 455 g/mol. The predicted octanol–water partition coefficient (Wildman–Crippen LogP) is 4.00. The Kier molecular flexibility index (Phi) is 5.40. The maximum Gasteiger partial charge on any atom is 0.252 e. The van der Waals surface area contributed by atoms with E-state index >= 15 is 0 Å². The Hall–Kier alpha value is -1.60. The zero-order valence-corrected chi connectivity index (χ0v) is 15.8. The minimum atomic E-state index is -0.130. The molecule has 0 aliphatic carbocycles. The number of rotatable bonds is 4. The topological polar surface area (TPSA) is 49.4 Å². The third kappa shape index (κ3) is 3.89. The van der Waals surface area contributed by atoms with Crippen LogP contribution in [-0.4, -0.2) is 18.4 Å². The molecule has 0 atom stereocenters. The Morgan fingerprint density at radius 1 is 1.21 bits per heavy atom. The standard InChI is InChI=1S/C18H16ClIN2O2/c19-13-5-8-15(16(20)10-13)18(24)21-11-12-3-6-14(7-4-12)22-9-1-2-17(22)23/h3-8,10H,1-2,9,11H2,(H,21,24). The van der Waals surface area contributed by atoms with E-state index in [0.717, 1.165) is 27.8 Å². The van der Waals surface area contributed by atoms with Gasteiger partial charge in [-0.25, -0.2) is 0 Å². The molecule has 1 fully saturated rings. The van der Waals surface area contributed by atoms with Gasteiger partial charge in [0, 0.05) is 33.8 Å². The van der Waals surface area contributed by atoms with E-state index in [4.69, 9.17) is 11.6 Å². The smallest absolute Gasteiger partial charge is 0.252 e. The lowest BCUT2D eigenvalue weighted by Crippen LogP contribution is -2.24. The Morgan fingerprint density at radius 2 is 1.96 bits per heavy atom. The highest BCUT2D eigenvalue weighted by Crippen LogP contribution is 2.22. The zero-order chi connectivity index (χ0) is 17.1. The largest absolute Gasteiger partial charge is 0.348 e. The minimum absolute atomic E-state index is 0.130. The van der Waals surface area contributed by atoms with Crippen LogP contribution in [0.25, 0.3) is 0 Å². The van der Waals surface area contributed by atoms with E-state index in [1.807, 2.05) is 24.3 Å². The van der Waals surface area contributed by atoms with Crippen LogP contribution in [0, 0.1) is 3.57 Å². The second-order valence-electron chi connectivity index (χ2n) is 5.62. The molecule has 4 nitrogen and oxygen atoms in total. The predicted molar refractivity (Wildman–Crippen MR) is 103 cm³/mol. The Balaban J connectivity index is 1.62. The fourth-order valence-corrected chi connectivity index (χ4v) is 3.78. The number of carbonyl (C=O) groups is 2. The van der Waals surface area contributed by atoms with Crippen LogP contribution in [0.15, 0.2) is 42.5 Å². The number of amides is 2. The van der Waals surface area contributed by atoms with E-state index in [1.165, 1.54) is 0 Å². The van der Waals surface area contributed by atoms with Gasteiger partial charge >= 0.3 is 0 Å². The molecular weight excluding hydrogens is 439 g/mol. The zero-order valence-electron chi connectivity index (χ0n) is 12.9. The van der Waals surface area contributed by atoms with Gasteiger partial charge in [-0.05, 0) is 64.9 Å². The van der Waals surface area contributed by atoms with Gasteiger partial charge in [-0.1, -0.05) is 23.7 Å². The molecule has 6 heteroatoms. The molecular formula is C18H16ClIN2O2. The number of halogens is 2. The molecule has 3 rings (SSSR count). The van der Waals surface area contributed by atoms with Crippen molar-refractivity contribution in [2.75, 3.05) is 11.4 Å². The van der Waals surface area contributed by atoms with Crippen molar-refractivity contribution in [2.45, 2.75) is 19.4 Å². The third-order valence-electron chi connectivity index (χ3n) is 3.95. The summed E-state index contributed by atoms with van der Waals surface area (Å²) >= 11 is 8.01. The van der Waals surface area contributed by atoms with Gasteiger partial charge in [0.1, 0.15) is 0 Å². The number of nitrogens with one attached hydrogen (secondary N) is 1. The lowest BCUT2D eigenvalue weighted by Gasteiger charge is -2.16. The number of hydrogen-bond donors (Lipinski definition) is 1. The summed E-state index contributed by atoms with van der Waals surface area (Å²) in [4.78, 5) is 25.8. The molecule has 2 amide bonds. The molecule has 1 aliphatic rings. The van der Waals surface area contributed by atoms with Crippen molar-refractivity contribution in [1.29, 1.82) is 0 Å². The SMILES string of the molecule is O=C(NCc1ccc(N2CCCC2=O)cc1)c1ccc(Cl)cc1I. The quantitative estimate of drug-likeness (QED) is 0.710. The van der Waals surface area contributed by atoms with Crippen molar-refractivity contribution in [3.63, 3.8) is 0 Å². The van der Waals surface area contributed by atoms with Gasteiger partial charge in [0.05, 0.1) is 5.56 Å². The molecule has 0 radical (unpaired) electrons. The first-order valence-corrected chi connectivity index (χ1v) is 9.13. The molecule has 1 aliphatic heterocycles. The van der Waals surface area contributed by atoms with Gasteiger partial charge in [-0.2, -0.15) is 0 Å². The summed E-state index contributed by atoms with van der Waals surface area (Å²) in [5.41, 5.74) is 2.52. The fourth-order valence-electron chi connectivity index (χ4n) is 2.67. The molecule has 0 aromatic heterocycles. The van der Waals surface area contributed by atoms with E-state index in [1.54, 1.807) is 23.1 Å². The fraction of sp³-hybridized carbons (Fsp3) is 0.222. The second-order valence-corrected chi connectivity index (χ2v) is 7.22. The summed E-state index contributed by atoms with van der Waals surface area (Å²) in [6, 6.07) is 12.9. The monoisotopic (exact) mass is 454 g/mol. The second kappa shape index (κ2) is 7.53. The van der Waals surface area contributed by atoms with Crippen LogP contribution >= 0.6 is 34.2 Å². The molecule has 1 heterocycles. The number of anilines is 1. The summed E-state index contributed by atoms with van der Waals surface area (Å²) < 4.78 is 0.820. The van der Waals surface area contributed by atoms with E-state index in [0.29, 0.717) is 23.6 Å². The van der Waals surface area contributed by atoms with E-state index in [9.17, 15) is 9.59 Å². The van der Waals surface area contributed by atoms with Gasteiger partial charge in [-0.15, -0.1) is 0 Å². The molecule has 2 aromatic rings. The van der Waals surface area contributed by atoms with Crippen LogP contribution in [0.1, 0.15) is 28.8 Å². The van der Waals surface area contributed by atoms with Gasteiger partial charge < -0.3 is 10.2 Å². The summed E-state index contributed by atoms with van der Waals surface area (Å²) in [6.07, 6.45) is 1.54. The van der Waals surface area contributed by atoms with Crippen LogP contribution in [-0.2, 0) is 11.3 Å². The van der Waals surface area contributed by atoms with Gasteiger partial charge in [0.15, 0.2) is 0 Å². The van der Waals surface area contributed by atoms with E-state index in [-0.39, 0.29) is 11.8 Å². The maximum atomic E-state index is 12.3. The number of nitrogens with zero attached hydrogens (tertiary/aromatic N) is 1. The highest BCUT2D eigenvalue weighted by molar-refractivity contribution is 14.1. The van der Waals surface area contributed by atoms with Crippen LogP contribution in [0.2, 0.25) is 5.02 Å². The Morgan fingerprint density at radius 3 is 2.58 bits per heavy atom. The molecule has 0 spiro atoms. The first kappa shape index (κ1) is 17.2. The van der Waals surface area contributed by atoms with Gasteiger partial charge in [-0.3, -0.25) is 9.59 Å². The maximum absolute atomic E-state index is 12.3. The van der Waals surface area contributed by atoms with Crippen molar-refractivity contribution in [1.82, 2.24) is 5.32 Å². The Bertz CT molecular complexity index is 777. The molecule has 1 saturated heterocycles. The first-order chi connectivity index (χ1) is 11.5. The Labute approximate surface area is 159 Å². The van der Waals surface area contributed by atoms with E-state index in [2.05, 4.69) is 27.9 Å². The average Bonchev–Trinajstić information content (AvgIpc) is 2.99. The molecule has 24 heavy (non-hydrogen) atoms. The van der Waals surface area contributed by atoms with Crippen molar-refractivity contribution in [2.24, 2.45) is 0 Å².